The molecule has 0 saturated heterocycles. The van der Waals surface area contributed by atoms with Gasteiger partial charge in [-0.3, -0.25) is 9.63 Å². The number of carboxylic acids is 1. The lowest BCUT2D eigenvalue weighted by atomic mass is 10.1. The first-order chi connectivity index (χ1) is 6.16. The van der Waals surface area contributed by atoms with Crippen LogP contribution in [0.5, 0.6) is 0 Å². The third-order valence-corrected chi connectivity index (χ3v) is 1.66. The van der Waals surface area contributed by atoms with Crippen molar-refractivity contribution >= 4 is 23.7 Å². The topological polar surface area (TPSA) is 66.4 Å². The molecule has 0 aliphatic carbocycles. The number of hydrogen-bond acceptors (Lipinski definition) is 2. The van der Waals surface area contributed by atoms with Gasteiger partial charge in [-0.25, -0.2) is 4.79 Å². The molecule has 0 saturated carbocycles. The van der Waals surface area contributed by atoms with Gasteiger partial charge in [0, 0.05) is 11.8 Å². The molecule has 1 aromatic carbocycles. The summed E-state index contributed by atoms with van der Waals surface area (Å²) in [5.41, 5.74) is -0.0225. The molecule has 0 fully saturated rings. The van der Waals surface area contributed by atoms with Gasteiger partial charge in [0.25, 0.3) is 5.91 Å². The van der Waals surface area contributed by atoms with Crippen molar-refractivity contribution in [1.29, 1.82) is 0 Å². The molecule has 0 bridgehead atoms. The fourth-order valence-electron chi connectivity index (χ4n) is 0.919. The fourth-order valence-corrected chi connectivity index (χ4v) is 1.02. The van der Waals surface area contributed by atoms with Crippen LogP contribution in [-0.2, 0) is 0 Å². The van der Waals surface area contributed by atoms with Gasteiger partial charge in [-0.2, -0.15) is 0 Å². The Morgan fingerprint density at radius 3 is 2.23 bits per heavy atom. The van der Waals surface area contributed by atoms with Crippen molar-refractivity contribution in [2.75, 3.05) is 0 Å². The Morgan fingerprint density at radius 2 is 1.77 bits per heavy atom. The molecule has 2 N–H and O–H groups in total. The van der Waals surface area contributed by atoms with Gasteiger partial charge in [-0.15, -0.1) is 0 Å². The van der Waals surface area contributed by atoms with E-state index >= 15 is 0 Å². The van der Waals surface area contributed by atoms with Crippen LogP contribution in [0, 0.1) is 0 Å². The number of hydrogen-bond donors (Lipinski definition) is 2. The monoisotopic (exact) mass is 199 g/mol. The largest absolute Gasteiger partial charge is 0.478 e. The molecule has 5 heteroatoms. The summed E-state index contributed by atoms with van der Waals surface area (Å²) in [6.45, 7) is 0. The summed E-state index contributed by atoms with van der Waals surface area (Å²) in [5.74, 6) is -1.78. The van der Waals surface area contributed by atoms with Crippen LogP contribution in [0.25, 0.3) is 0 Å². The summed E-state index contributed by atoms with van der Waals surface area (Å²) in [6.07, 6.45) is 0. The zero-order chi connectivity index (χ0) is 9.84. The zero-order valence-electron chi connectivity index (χ0n) is 6.45. The lowest BCUT2D eigenvalue weighted by molar-refractivity contribution is 0.0691. The van der Waals surface area contributed by atoms with E-state index in [-0.39, 0.29) is 11.1 Å². The molecule has 0 aliphatic heterocycles. The average Bonchev–Trinajstić information content (AvgIpc) is 2.16. The SMILES string of the molecule is O=C(O)c1ccccc1C(=O)NCl. The second-order valence-electron chi connectivity index (χ2n) is 2.27. The summed E-state index contributed by atoms with van der Waals surface area (Å²) in [5, 5.41) is 8.69. The summed E-state index contributed by atoms with van der Waals surface area (Å²) in [4.78, 5) is 23.5. The molecule has 1 amide bonds. The Hall–Kier alpha value is -1.55. The molecular formula is C8H6ClNO3. The van der Waals surface area contributed by atoms with Crippen molar-refractivity contribution in [2.45, 2.75) is 0 Å². The molecule has 0 aromatic heterocycles. The highest BCUT2D eigenvalue weighted by molar-refractivity contribution is 6.25. The van der Waals surface area contributed by atoms with Gasteiger partial charge in [0.2, 0.25) is 0 Å². The van der Waals surface area contributed by atoms with Crippen LogP contribution < -0.4 is 4.84 Å². The summed E-state index contributed by atoms with van der Waals surface area (Å²) in [6, 6.07) is 5.83. The number of aromatic carboxylic acids is 1. The van der Waals surface area contributed by atoms with Crippen LogP contribution in [-0.4, -0.2) is 17.0 Å². The van der Waals surface area contributed by atoms with Crippen LogP contribution >= 0.6 is 11.8 Å². The lowest BCUT2D eigenvalue weighted by Gasteiger charge is -2.01. The van der Waals surface area contributed by atoms with Crippen LogP contribution in [0.2, 0.25) is 0 Å². The maximum Gasteiger partial charge on any atom is 0.336 e. The zero-order valence-corrected chi connectivity index (χ0v) is 7.21. The van der Waals surface area contributed by atoms with Crippen LogP contribution in [0.1, 0.15) is 20.7 Å². The number of rotatable bonds is 2. The molecule has 0 unspecified atom stereocenters. The van der Waals surface area contributed by atoms with Crippen molar-refractivity contribution in [1.82, 2.24) is 4.84 Å². The molecule has 0 radical (unpaired) electrons. The first-order valence-electron chi connectivity index (χ1n) is 3.40. The van der Waals surface area contributed by atoms with Crippen LogP contribution in [0.4, 0.5) is 0 Å². The molecular weight excluding hydrogens is 194 g/mol. The van der Waals surface area contributed by atoms with Crippen molar-refractivity contribution in [3.8, 4) is 0 Å². The van der Waals surface area contributed by atoms with E-state index < -0.39 is 11.9 Å². The van der Waals surface area contributed by atoms with Crippen LogP contribution in [0.15, 0.2) is 24.3 Å². The van der Waals surface area contributed by atoms with Crippen molar-refractivity contribution in [2.24, 2.45) is 0 Å². The van der Waals surface area contributed by atoms with E-state index in [4.69, 9.17) is 16.9 Å². The van der Waals surface area contributed by atoms with Gasteiger partial charge in [0.05, 0.1) is 11.1 Å². The number of carbonyl (C=O) groups excluding carboxylic acids is 1. The minimum atomic E-state index is -1.16. The normalized spacial score (nSPS) is 9.31. The molecule has 0 heterocycles. The Labute approximate surface area is 79.2 Å². The number of halogens is 1. The molecule has 0 atom stereocenters. The number of nitrogens with one attached hydrogen (secondary N) is 1. The predicted molar refractivity (Wildman–Crippen MR) is 46.7 cm³/mol. The Balaban J connectivity index is 3.19. The summed E-state index contributed by atoms with van der Waals surface area (Å²) in [7, 11) is 0. The Morgan fingerprint density at radius 1 is 1.23 bits per heavy atom. The van der Waals surface area contributed by atoms with E-state index in [1.54, 1.807) is 6.07 Å². The highest BCUT2D eigenvalue weighted by Gasteiger charge is 2.14. The third-order valence-electron chi connectivity index (χ3n) is 1.49. The highest BCUT2D eigenvalue weighted by Crippen LogP contribution is 2.08. The van der Waals surface area contributed by atoms with Crippen molar-refractivity contribution in [3.63, 3.8) is 0 Å². The number of amides is 1. The van der Waals surface area contributed by atoms with Crippen LogP contribution in [0.3, 0.4) is 0 Å². The van der Waals surface area contributed by atoms with Crippen molar-refractivity contribution < 1.29 is 14.7 Å². The molecule has 4 nitrogen and oxygen atoms in total. The molecule has 0 spiro atoms. The molecule has 13 heavy (non-hydrogen) atoms. The van der Waals surface area contributed by atoms with E-state index in [0.29, 0.717) is 0 Å². The second-order valence-corrected chi connectivity index (χ2v) is 2.46. The number of carbonyl (C=O) groups is 2. The van der Waals surface area contributed by atoms with E-state index in [2.05, 4.69) is 0 Å². The molecule has 1 rings (SSSR count). The molecule has 1 aromatic rings. The first kappa shape index (κ1) is 9.54. The summed E-state index contributed by atoms with van der Waals surface area (Å²) < 4.78 is 0. The smallest absolute Gasteiger partial charge is 0.336 e. The molecule has 68 valence electrons. The quantitative estimate of drug-likeness (QED) is 0.705. The van der Waals surface area contributed by atoms with Gasteiger partial charge < -0.3 is 5.11 Å². The van der Waals surface area contributed by atoms with E-state index in [0.717, 1.165) is 0 Å². The van der Waals surface area contributed by atoms with Gasteiger partial charge in [-0.1, -0.05) is 12.1 Å². The predicted octanol–water partition coefficient (Wildman–Crippen LogP) is 1.27. The number of carboxylic acid groups (broad SMARTS) is 1. The lowest BCUT2D eigenvalue weighted by Crippen LogP contribution is -2.16. The standard InChI is InChI=1S/C8H6ClNO3/c9-10-7(11)5-3-1-2-4-6(5)8(12)13/h1-4H,(H,10,11)(H,12,13). The molecule has 0 aliphatic rings. The Bertz CT molecular complexity index is 351. The fraction of sp³-hybridized carbons (Fsp3) is 0. The average molecular weight is 200 g/mol. The van der Waals surface area contributed by atoms with Gasteiger partial charge in [0.1, 0.15) is 0 Å². The van der Waals surface area contributed by atoms with Crippen molar-refractivity contribution in [3.05, 3.63) is 35.4 Å². The van der Waals surface area contributed by atoms with Gasteiger partial charge in [0.15, 0.2) is 0 Å². The van der Waals surface area contributed by atoms with Gasteiger partial charge >= 0.3 is 5.97 Å². The van der Waals surface area contributed by atoms with E-state index in [1.165, 1.54) is 18.2 Å². The minimum Gasteiger partial charge on any atom is -0.478 e. The highest BCUT2D eigenvalue weighted by atomic mass is 35.5. The number of benzene rings is 1. The van der Waals surface area contributed by atoms with E-state index in [9.17, 15) is 9.59 Å². The van der Waals surface area contributed by atoms with Gasteiger partial charge in [-0.05, 0) is 12.1 Å². The second kappa shape index (κ2) is 3.91. The maximum atomic E-state index is 11.0. The minimum absolute atomic E-state index is 0.0463. The Kier molecular flexibility index (Phi) is 2.87. The third kappa shape index (κ3) is 1.97. The van der Waals surface area contributed by atoms with E-state index in [1.807, 2.05) is 4.84 Å². The maximum absolute atomic E-state index is 11.0. The summed E-state index contributed by atoms with van der Waals surface area (Å²) >= 11 is 5.07. The first-order valence-corrected chi connectivity index (χ1v) is 3.78.